The summed E-state index contributed by atoms with van der Waals surface area (Å²) in [6.07, 6.45) is 4.65. The molecule has 0 N–H and O–H groups in total. The van der Waals surface area contributed by atoms with Gasteiger partial charge in [-0.05, 0) is 30.2 Å². The van der Waals surface area contributed by atoms with Crippen LogP contribution in [-0.2, 0) is 16.0 Å². The molecule has 1 aliphatic heterocycles. The van der Waals surface area contributed by atoms with Crippen molar-refractivity contribution in [3.8, 4) is 0 Å². The van der Waals surface area contributed by atoms with Crippen LogP contribution in [0.3, 0.4) is 0 Å². The summed E-state index contributed by atoms with van der Waals surface area (Å²) in [5, 5.41) is 0. The third-order valence-corrected chi connectivity index (χ3v) is 4.66. The van der Waals surface area contributed by atoms with Crippen molar-refractivity contribution >= 4 is 5.97 Å². The smallest absolute Gasteiger partial charge is 0.309 e. The second-order valence-corrected chi connectivity index (χ2v) is 5.71. The lowest BCUT2D eigenvalue weighted by molar-refractivity contribution is -0.169. The summed E-state index contributed by atoms with van der Waals surface area (Å²) < 4.78 is 5.68. The average molecular weight is 244 g/mol. The Morgan fingerprint density at radius 3 is 2.67 bits per heavy atom. The maximum absolute atomic E-state index is 11.9. The van der Waals surface area contributed by atoms with Crippen molar-refractivity contribution in [1.82, 2.24) is 0 Å². The summed E-state index contributed by atoms with van der Waals surface area (Å²) in [6, 6.07) is 10.4. The van der Waals surface area contributed by atoms with E-state index in [2.05, 4.69) is 24.3 Å². The van der Waals surface area contributed by atoms with Crippen LogP contribution in [0.1, 0.15) is 31.7 Å². The summed E-state index contributed by atoms with van der Waals surface area (Å²) in [5.74, 6) is 1.25. The number of rotatable bonds is 2. The Hall–Kier alpha value is -1.31. The average Bonchev–Trinajstić information content (AvgIpc) is 2.86. The number of benzene rings is 1. The molecule has 0 bridgehead atoms. The third kappa shape index (κ3) is 2.05. The largest absolute Gasteiger partial charge is 0.461 e. The van der Waals surface area contributed by atoms with E-state index in [-0.39, 0.29) is 18.0 Å². The number of esters is 1. The van der Waals surface area contributed by atoms with E-state index in [1.54, 1.807) is 0 Å². The predicted octanol–water partition coefficient (Wildman–Crippen LogP) is 3.21. The first-order valence-electron chi connectivity index (χ1n) is 7.00. The Kier molecular flexibility index (Phi) is 3.11. The molecular formula is C16H20O2. The molecule has 18 heavy (non-hydrogen) atoms. The molecule has 1 saturated carbocycles. The molecule has 0 unspecified atom stereocenters. The quantitative estimate of drug-likeness (QED) is 0.747. The van der Waals surface area contributed by atoms with E-state index < -0.39 is 0 Å². The zero-order chi connectivity index (χ0) is 12.5. The number of carbonyl (C=O) groups is 1. The van der Waals surface area contributed by atoms with Crippen molar-refractivity contribution in [1.29, 1.82) is 0 Å². The lowest BCUT2D eigenvalue weighted by Crippen LogP contribution is -2.42. The molecule has 1 saturated heterocycles. The molecule has 2 fully saturated rings. The zero-order valence-corrected chi connectivity index (χ0v) is 10.8. The van der Waals surface area contributed by atoms with Crippen LogP contribution in [0.15, 0.2) is 30.3 Å². The highest BCUT2D eigenvalue weighted by Gasteiger charge is 2.45. The number of fused-ring (bicyclic) bond motifs is 1. The minimum Gasteiger partial charge on any atom is -0.461 e. The molecule has 2 aliphatic rings. The Bertz CT molecular complexity index is 426. The fourth-order valence-corrected chi connectivity index (χ4v) is 3.66. The van der Waals surface area contributed by atoms with Gasteiger partial charge in [-0.1, -0.05) is 43.7 Å². The van der Waals surface area contributed by atoms with Crippen LogP contribution in [0.4, 0.5) is 0 Å². The van der Waals surface area contributed by atoms with Crippen molar-refractivity contribution < 1.29 is 9.53 Å². The standard InChI is InChI=1S/C16H20O2/c1-11-13-8-5-9-14(13)15(18-16(11)17)10-12-6-3-2-4-7-12/h2-4,6-7,11,13-15H,5,8-10H2,1H3/t11-,13-,14+,15+/m1/s1. The summed E-state index contributed by atoms with van der Waals surface area (Å²) >= 11 is 0. The summed E-state index contributed by atoms with van der Waals surface area (Å²) in [4.78, 5) is 11.9. The van der Waals surface area contributed by atoms with Crippen LogP contribution >= 0.6 is 0 Å². The SMILES string of the molecule is C[C@H]1C(=O)O[C@@H](Cc2ccccc2)[C@H]2CCC[C@@H]21. The third-order valence-electron chi connectivity index (χ3n) is 4.66. The molecule has 1 heterocycles. The lowest BCUT2D eigenvalue weighted by atomic mass is 9.78. The van der Waals surface area contributed by atoms with E-state index >= 15 is 0 Å². The first-order chi connectivity index (χ1) is 8.75. The Morgan fingerprint density at radius 1 is 1.17 bits per heavy atom. The maximum Gasteiger partial charge on any atom is 0.309 e. The molecule has 0 radical (unpaired) electrons. The molecule has 0 spiro atoms. The molecular weight excluding hydrogens is 224 g/mol. The van der Waals surface area contributed by atoms with Crippen molar-refractivity contribution in [2.24, 2.45) is 17.8 Å². The van der Waals surface area contributed by atoms with E-state index in [1.165, 1.54) is 24.8 Å². The van der Waals surface area contributed by atoms with Gasteiger partial charge in [0.1, 0.15) is 6.10 Å². The fourth-order valence-electron chi connectivity index (χ4n) is 3.66. The van der Waals surface area contributed by atoms with E-state index in [4.69, 9.17) is 4.74 Å². The van der Waals surface area contributed by atoms with Crippen LogP contribution in [0.5, 0.6) is 0 Å². The van der Waals surface area contributed by atoms with Crippen molar-refractivity contribution in [2.45, 2.75) is 38.7 Å². The monoisotopic (exact) mass is 244 g/mol. The van der Waals surface area contributed by atoms with Gasteiger partial charge in [0.05, 0.1) is 5.92 Å². The molecule has 4 atom stereocenters. The highest BCUT2D eigenvalue weighted by molar-refractivity contribution is 5.73. The van der Waals surface area contributed by atoms with E-state index in [1.807, 2.05) is 13.0 Å². The molecule has 1 aliphatic carbocycles. The molecule has 0 amide bonds. The van der Waals surface area contributed by atoms with Gasteiger partial charge in [-0.3, -0.25) is 4.79 Å². The second kappa shape index (κ2) is 4.75. The lowest BCUT2D eigenvalue weighted by Gasteiger charge is -2.37. The van der Waals surface area contributed by atoms with Gasteiger partial charge in [0, 0.05) is 6.42 Å². The fraction of sp³-hybridized carbons (Fsp3) is 0.562. The number of hydrogen-bond donors (Lipinski definition) is 0. The van der Waals surface area contributed by atoms with Crippen LogP contribution in [-0.4, -0.2) is 12.1 Å². The van der Waals surface area contributed by atoms with Crippen LogP contribution in [0.2, 0.25) is 0 Å². The van der Waals surface area contributed by atoms with E-state index in [9.17, 15) is 4.79 Å². The van der Waals surface area contributed by atoms with Crippen LogP contribution in [0.25, 0.3) is 0 Å². The zero-order valence-electron chi connectivity index (χ0n) is 10.8. The van der Waals surface area contributed by atoms with Gasteiger partial charge in [0.15, 0.2) is 0 Å². The Morgan fingerprint density at radius 2 is 1.89 bits per heavy atom. The molecule has 3 rings (SSSR count). The van der Waals surface area contributed by atoms with Crippen LogP contribution in [0, 0.1) is 17.8 Å². The number of hydrogen-bond acceptors (Lipinski definition) is 2. The Balaban J connectivity index is 1.77. The summed E-state index contributed by atoms with van der Waals surface area (Å²) in [5.41, 5.74) is 1.27. The van der Waals surface area contributed by atoms with Crippen molar-refractivity contribution in [2.75, 3.05) is 0 Å². The van der Waals surface area contributed by atoms with E-state index in [0.29, 0.717) is 11.8 Å². The van der Waals surface area contributed by atoms with E-state index in [0.717, 1.165) is 6.42 Å². The molecule has 1 aromatic rings. The highest BCUT2D eigenvalue weighted by atomic mass is 16.5. The first-order valence-corrected chi connectivity index (χ1v) is 7.00. The number of carbonyl (C=O) groups excluding carboxylic acids is 1. The van der Waals surface area contributed by atoms with Gasteiger partial charge in [-0.15, -0.1) is 0 Å². The van der Waals surface area contributed by atoms with Gasteiger partial charge in [0.25, 0.3) is 0 Å². The minimum absolute atomic E-state index is 0.0130. The molecule has 0 aromatic heterocycles. The van der Waals surface area contributed by atoms with Gasteiger partial charge in [0.2, 0.25) is 0 Å². The minimum atomic E-state index is 0.0130. The topological polar surface area (TPSA) is 26.3 Å². The first kappa shape index (κ1) is 11.8. The predicted molar refractivity (Wildman–Crippen MR) is 70.0 cm³/mol. The summed E-state index contributed by atoms with van der Waals surface area (Å²) in [7, 11) is 0. The molecule has 2 heteroatoms. The highest BCUT2D eigenvalue weighted by Crippen LogP contribution is 2.44. The number of ether oxygens (including phenoxy) is 1. The summed E-state index contributed by atoms with van der Waals surface area (Å²) in [6.45, 7) is 2.03. The second-order valence-electron chi connectivity index (χ2n) is 5.71. The van der Waals surface area contributed by atoms with Crippen molar-refractivity contribution in [3.63, 3.8) is 0 Å². The normalized spacial score (nSPS) is 35.1. The molecule has 1 aromatic carbocycles. The number of cyclic esters (lactones) is 1. The molecule has 96 valence electrons. The van der Waals surface area contributed by atoms with Crippen LogP contribution < -0.4 is 0 Å². The molecule has 2 nitrogen and oxygen atoms in total. The van der Waals surface area contributed by atoms with Gasteiger partial charge in [-0.25, -0.2) is 0 Å². The van der Waals surface area contributed by atoms with Crippen molar-refractivity contribution in [3.05, 3.63) is 35.9 Å². The van der Waals surface area contributed by atoms with Gasteiger partial charge >= 0.3 is 5.97 Å². The van der Waals surface area contributed by atoms with Gasteiger partial charge < -0.3 is 4.74 Å². The van der Waals surface area contributed by atoms with Gasteiger partial charge in [-0.2, -0.15) is 0 Å². The Labute approximate surface area is 108 Å². The maximum atomic E-state index is 11.9.